The van der Waals surface area contributed by atoms with Crippen LogP contribution >= 0.6 is 0 Å². The minimum Gasteiger partial charge on any atom is -0.481 e. The van der Waals surface area contributed by atoms with E-state index in [0.29, 0.717) is 18.7 Å². The monoisotopic (exact) mass is 293 g/mol. The van der Waals surface area contributed by atoms with E-state index in [4.69, 9.17) is 9.84 Å². The van der Waals surface area contributed by atoms with Gasteiger partial charge in [-0.05, 0) is 23.8 Å². The largest absolute Gasteiger partial charge is 0.481 e. The van der Waals surface area contributed by atoms with Gasteiger partial charge in [-0.25, -0.2) is 4.39 Å². The molecule has 6 heteroatoms. The number of aliphatic carboxylic acids is 1. The summed E-state index contributed by atoms with van der Waals surface area (Å²) in [4.78, 5) is 24.4. The van der Waals surface area contributed by atoms with E-state index in [2.05, 4.69) is 0 Å². The SMILES string of the molecule is O=C(O)CC1COCCN1C(=O)/C=C/c1cccc(F)c1. The van der Waals surface area contributed by atoms with Crippen molar-refractivity contribution in [1.82, 2.24) is 4.90 Å². The number of halogens is 1. The minimum atomic E-state index is -0.975. The average molecular weight is 293 g/mol. The lowest BCUT2D eigenvalue weighted by molar-refractivity contribution is -0.143. The molecular formula is C15H16FNO4. The molecule has 1 aromatic carbocycles. The molecule has 5 nitrogen and oxygen atoms in total. The van der Waals surface area contributed by atoms with Crippen molar-refractivity contribution in [2.75, 3.05) is 19.8 Å². The third kappa shape index (κ3) is 4.39. The van der Waals surface area contributed by atoms with Gasteiger partial charge in [0.25, 0.3) is 0 Å². The molecule has 0 aliphatic carbocycles. The highest BCUT2D eigenvalue weighted by Gasteiger charge is 2.27. The van der Waals surface area contributed by atoms with E-state index < -0.39 is 12.0 Å². The Kier molecular flexibility index (Phi) is 5.05. The van der Waals surface area contributed by atoms with Gasteiger partial charge in [-0.15, -0.1) is 0 Å². The van der Waals surface area contributed by atoms with E-state index in [1.54, 1.807) is 12.1 Å². The zero-order valence-corrected chi connectivity index (χ0v) is 11.4. The van der Waals surface area contributed by atoms with E-state index in [9.17, 15) is 14.0 Å². The first-order valence-electron chi connectivity index (χ1n) is 6.60. The Hall–Kier alpha value is -2.21. The Bertz CT molecular complexity index is 558. The predicted molar refractivity (Wildman–Crippen MR) is 74.0 cm³/mol. The minimum absolute atomic E-state index is 0.153. The lowest BCUT2D eigenvalue weighted by Crippen LogP contribution is -2.49. The van der Waals surface area contributed by atoms with Crippen LogP contribution in [-0.4, -0.2) is 47.7 Å². The zero-order valence-electron chi connectivity index (χ0n) is 11.4. The van der Waals surface area contributed by atoms with E-state index in [1.807, 2.05) is 0 Å². The van der Waals surface area contributed by atoms with Gasteiger partial charge in [0.05, 0.1) is 25.7 Å². The Balaban J connectivity index is 2.05. The van der Waals surface area contributed by atoms with Crippen molar-refractivity contribution >= 4 is 18.0 Å². The summed E-state index contributed by atoms with van der Waals surface area (Å²) in [6, 6.07) is 5.41. The van der Waals surface area contributed by atoms with Gasteiger partial charge in [-0.3, -0.25) is 9.59 Å². The maximum atomic E-state index is 13.0. The first-order valence-corrected chi connectivity index (χ1v) is 6.60. The van der Waals surface area contributed by atoms with Gasteiger partial charge in [-0.2, -0.15) is 0 Å². The van der Waals surface area contributed by atoms with Crippen molar-refractivity contribution in [3.05, 3.63) is 41.7 Å². The number of ether oxygens (including phenoxy) is 1. The molecule has 1 unspecified atom stereocenters. The van der Waals surface area contributed by atoms with E-state index in [-0.39, 0.29) is 24.8 Å². The van der Waals surface area contributed by atoms with Crippen LogP contribution in [-0.2, 0) is 14.3 Å². The standard InChI is InChI=1S/C15H16FNO4/c16-12-3-1-2-11(8-12)4-5-14(18)17-6-7-21-10-13(17)9-15(19)20/h1-5,8,13H,6-7,9-10H2,(H,19,20)/b5-4+. The first-order chi connectivity index (χ1) is 10.1. The molecule has 1 amide bonds. The summed E-state index contributed by atoms with van der Waals surface area (Å²) in [5.74, 6) is -1.65. The summed E-state index contributed by atoms with van der Waals surface area (Å²) < 4.78 is 18.3. The quantitative estimate of drug-likeness (QED) is 0.855. The van der Waals surface area contributed by atoms with Crippen LogP contribution in [0.5, 0.6) is 0 Å². The first kappa shape index (κ1) is 15.2. The summed E-state index contributed by atoms with van der Waals surface area (Å²) in [7, 11) is 0. The highest BCUT2D eigenvalue weighted by atomic mass is 19.1. The molecule has 1 saturated heterocycles. The van der Waals surface area contributed by atoms with Crippen molar-refractivity contribution in [2.45, 2.75) is 12.5 Å². The van der Waals surface area contributed by atoms with Crippen LogP contribution in [0.4, 0.5) is 4.39 Å². The van der Waals surface area contributed by atoms with Crippen LogP contribution in [0.15, 0.2) is 30.3 Å². The molecular weight excluding hydrogens is 277 g/mol. The number of nitrogens with zero attached hydrogens (tertiary/aromatic N) is 1. The number of hydrogen-bond donors (Lipinski definition) is 1. The van der Waals surface area contributed by atoms with Gasteiger partial charge in [0.1, 0.15) is 5.82 Å². The molecule has 1 aliphatic heterocycles. The molecule has 1 N–H and O–H groups in total. The Morgan fingerprint density at radius 2 is 2.29 bits per heavy atom. The molecule has 0 spiro atoms. The molecule has 1 aromatic rings. The third-order valence-corrected chi connectivity index (χ3v) is 3.19. The van der Waals surface area contributed by atoms with E-state index in [0.717, 1.165) is 0 Å². The van der Waals surface area contributed by atoms with Crippen molar-refractivity contribution in [3.63, 3.8) is 0 Å². The van der Waals surface area contributed by atoms with Crippen LogP contribution in [0.2, 0.25) is 0 Å². The molecule has 0 saturated carbocycles. The highest BCUT2D eigenvalue weighted by molar-refractivity contribution is 5.92. The molecule has 1 fully saturated rings. The maximum absolute atomic E-state index is 13.0. The predicted octanol–water partition coefficient (Wildman–Crippen LogP) is 1.54. The summed E-state index contributed by atoms with van der Waals surface area (Å²) in [5.41, 5.74) is 0.575. The van der Waals surface area contributed by atoms with Gasteiger partial charge < -0.3 is 14.7 Å². The molecule has 21 heavy (non-hydrogen) atoms. The Labute approximate surface area is 121 Å². The highest BCUT2D eigenvalue weighted by Crippen LogP contribution is 2.12. The number of carbonyl (C=O) groups excluding carboxylic acids is 1. The zero-order chi connectivity index (χ0) is 15.2. The van der Waals surface area contributed by atoms with Crippen molar-refractivity contribution in [3.8, 4) is 0 Å². The molecule has 1 aliphatic rings. The van der Waals surface area contributed by atoms with Crippen LogP contribution in [0.1, 0.15) is 12.0 Å². The summed E-state index contributed by atoms with van der Waals surface area (Å²) in [5, 5.41) is 8.85. The van der Waals surface area contributed by atoms with Gasteiger partial charge in [-0.1, -0.05) is 12.1 Å². The molecule has 112 valence electrons. The number of benzene rings is 1. The molecule has 1 heterocycles. The smallest absolute Gasteiger partial charge is 0.305 e. The fourth-order valence-corrected chi connectivity index (χ4v) is 2.19. The van der Waals surface area contributed by atoms with Crippen molar-refractivity contribution < 1.29 is 23.8 Å². The normalized spacial score (nSPS) is 18.9. The van der Waals surface area contributed by atoms with E-state index >= 15 is 0 Å². The fourth-order valence-electron chi connectivity index (χ4n) is 2.19. The van der Waals surface area contributed by atoms with E-state index in [1.165, 1.54) is 29.2 Å². The summed E-state index contributed by atoms with van der Waals surface area (Å²) in [6.07, 6.45) is 2.69. The van der Waals surface area contributed by atoms with Crippen LogP contribution in [0.25, 0.3) is 6.08 Å². The lowest BCUT2D eigenvalue weighted by atomic mass is 10.1. The second-order valence-electron chi connectivity index (χ2n) is 4.75. The van der Waals surface area contributed by atoms with Gasteiger partial charge in [0.2, 0.25) is 5.91 Å². The number of carbonyl (C=O) groups is 2. The molecule has 0 aromatic heterocycles. The Morgan fingerprint density at radius 3 is 3.00 bits per heavy atom. The molecule has 0 bridgehead atoms. The second-order valence-corrected chi connectivity index (χ2v) is 4.75. The topological polar surface area (TPSA) is 66.8 Å². The molecule has 2 rings (SSSR count). The number of rotatable bonds is 4. The molecule has 1 atom stereocenters. The molecule has 0 radical (unpaired) electrons. The number of amides is 1. The summed E-state index contributed by atoms with van der Waals surface area (Å²) >= 11 is 0. The van der Waals surface area contributed by atoms with Crippen LogP contribution in [0.3, 0.4) is 0 Å². The van der Waals surface area contributed by atoms with Crippen LogP contribution < -0.4 is 0 Å². The number of hydrogen-bond acceptors (Lipinski definition) is 3. The van der Waals surface area contributed by atoms with Crippen molar-refractivity contribution in [2.24, 2.45) is 0 Å². The number of morpholine rings is 1. The van der Waals surface area contributed by atoms with Crippen molar-refractivity contribution in [1.29, 1.82) is 0 Å². The van der Waals surface area contributed by atoms with Gasteiger partial charge in [0, 0.05) is 12.6 Å². The second kappa shape index (κ2) is 6.99. The third-order valence-electron chi connectivity index (χ3n) is 3.19. The van der Waals surface area contributed by atoms with Gasteiger partial charge >= 0.3 is 5.97 Å². The Morgan fingerprint density at radius 1 is 1.48 bits per heavy atom. The summed E-state index contributed by atoms with van der Waals surface area (Å²) in [6.45, 7) is 0.950. The number of carboxylic acids is 1. The van der Waals surface area contributed by atoms with Gasteiger partial charge in [0.15, 0.2) is 0 Å². The average Bonchev–Trinajstić information content (AvgIpc) is 2.45. The maximum Gasteiger partial charge on any atom is 0.305 e. The van der Waals surface area contributed by atoms with Crippen LogP contribution in [0, 0.1) is 5.82 Å². The fraction of sp³-hybridized carbons (Fsp3) is 0.333. The lowest BCUT2D eigenvalue weighted by Gasteiger charge is -2.34. The number of carboxylic acid groups (broad SMARTS) is 1.